The minimum Gasteiger partial charge on any atom is -0.360 e. The van der Waals surface area contributed by atoms with Crippen molar-refractivity contribution in [3.05, 3.63) is 76.8 Å². The van der Waals surface area contributed by atoms with Gasteiger partial charge in [0, 0.05) is 18.7 Å². The van der Waals surface area contributed by atoms with Crippen LogP contribution in [-0.4, -0.2) is 14.7 Å². The van der Waals surface area contributed by atoms with Gasteiger partial charge in [0.1, 0.15) is 11.5 Å². The summed E-state index contributed by atoms with van der Waals surface area (Å²) in [5.74, 6) is 1.30. The molecule has 0 amide bonds. The van der Waals surface area contributed by atoms with Crippen LogP contribution in [0.1, 0.15) is 5.76 Å². The van der Waals surface area contributed by atoms with Gasteiger partial charge in [0.2, 0.25) is 0 Å². The minimum atomic E-state index is -0.0457. The van der Waals surface area contributed by atoms with E-state index in [9.17, 15) is 4.79 Å². The summed E-state index contributed by atoms with van der Waals surface area (Å²) in [5, 5.41) is 5.39. The van der Waals surface area contributed by atoms with Crippen LogP contribution in [0.15, 0.2) is 75.1 Å². The van der Waals surface area contributed by atoms with Crippen molar-refractivity contribution in [2.45, 2.75) is 10.9 Å². The van der Waals surface area contributed by atoms with Crippen molar-refractivity contribution in [2.24, 2.45) is 7.05 Å². The first kappa shape index (κ1) is 15.7. The van der Waals surface area contributed by atoms with Gasteiger partial charge in [-0.3, -0.25) is 9.36 Å². The van der Waals surface area contributed by atoms with Gasteiger partial charge in [0.25, 0.3) is 5.56 Å². The number of benzene rings is 2. The summed E-state index contributed by atoms with van der Waals surface area (Å²) in [5.41, 5.74) is 2.47. The number of aromatic nitrogens is 3. The Morgan fingerprint density at radius 3 is 2.68 bits per heavy atom. The van der Waals surface area contributed by atoms with Crippen LogP contribution in [-0.2, 0) is 12.8 Å². The molecule has 2 heterocycles. The van der Waals surface area contributed by atoms with Gasteiger partial charge in [0.05, 0.1) is 16.7 Å². The van der Waals surface area contributed by atoms with E-state index in [0.717, 1.165) is 17.0 Å². The quantitative estimate of drug-likeness (QED) is 0.413. The largest absolute Gasteiger partial charge is 0.360 e. The smallest absolute Gasteiger partial charge is 0.261 e. The summed E-state index contributed by atoms with van der Waals surface area (Å²) in [6.07, 6.45) is 0. The standard InChI is InChI=1S/C19H15N3O2S/c1-22-18(23)15-9-5-6-10-16(15)20-19(22)25-12-14-11-17(21-24-14)13-7-3-2-4-8-13/h2-11H,12H2,1H3. The van der Waals surface area contributed by atoms with Gasteiger partial charge in [-0.2, -0.15) is 0 Å². The third-order valence-electron chi connectivity index (χ3n) is 3.91. The molecule has 0 aliphatic rings. The van der Waals surface area contributed by atoms with Crippen molar-refractivity contribution >= 4 is 22.7 Å². The highest BCUT2D eigenvalue weighted by Gasteiger charge is 2.11. The second-order valence-electron chi connectivity index (χ2n) is 5.61. The van der Waals surface area contributed by atoms with Gasteiger partial charge in [0.15, 0.2) is 5.16 Å². The average Bonchev–Trinajstić information content (AvgIpc) is 3.13. The van der Waals surface area contributed by atoms with E-state index in [1.54, 1.807) is 17.7 Å². The molecule has 25 heavy (non-hydrogen) atoms. The van der Waals surface area contributed by atoms with Crippen molar-refractivity contribution in [2.75, 3.05) is 0 Å². The highest BCUT2D eigenvalue weighted by Crippen LogP contribution is 2.25. The second kappa shape index (κ2) is 6.57. The summed E-state index contributed by atoms with van der Waals surface area (Å²) in [6.45, 7) is 0. The number of para-hydroxylation sites is 1. The molecule has 0 bridgehead atoms. The third kappa shape index (κ3) is 3.08. The van der Waals surface area contributed by atoms with E-state index in [0.29, 0.717) is 21.8 Å². The van der Waals surface area contributed by atoms with Gasteiger partial charge < -0.3 is 4.52 Å². The topological polar surface area (TPSA) is 60.9 Å². The molecule has 2 aromatic heterocycles. The zero-order chi connectivity index (χ0) is 17.2. The van der Waals surface area contributed by atoms with Crippen molar-refractivity contribution in [3.63, 3.8) is 0 Å². The summed E-state index contributed by atoms with van der Waals surface area (Å²) >= 11 is 1.46. The van der Waals surface area contributed by atoms with Crippen molar-refractivity contribution in [1.29, 1.82) is 0 Å². The SMILES string of the molecule is Cn1c(SCc2cc(-c3ccccc3)no2)nc2ccccc2c1=O. The maximum absolute atomic E-state index is 12.4. The van der Waals surface area contributed by atoms with Crippen molar-refractivity contribution < 1.29 is 4.52 Å². The molecule has 124 valence electrons. The summed E-state index contributed by atoms with van der Waals surface area (Å²) in [7, 11) is 1.74. The summed E-state index contributed by atoms with van der Waals surface area (Å²) in [6, 6.07) is 19.2. The lowest BCUT2D eigenvalue weighted by Gasteiger charge is -2.07. The first-order valence-electron chi connectivity index (χ1n) is 7.82. The number of thioether (sulfide) groups is 1. The van der Waals surface area contributed by atoms with Crippen LogP contribution in [0.4, 0.5) is 0 Å². The number of fused-ring (bicyclic) bond motifs is 1. The first-order chi connectivity index (χ1) is 12.2. The molecule has 4 aromatic rings. The van der Waals surface area contributed by atoms with E-state index in [-0.39, 0.29) is 5.56 Å². The fourth-order valence-electron chi connectivity index (χ4n) is 2.59. The Hall–Kier alpha value is -2.86. The molecule has 0 aliphatic carbocycles. The van der Waals surface area contributed by atoms with Crippen molar-refractivity contribution in [1.82, 2.24) is 14.7 Å². The Kier molecular flexibility index (Phi) is 4.11. The lowest BCUT2D eigenvalue weighted by atomic mass is 10.1. The molecule has 0 saturated carbocycles. The fraction of sp³-hybridized carbons (Fsp3) is 0.105. The molecule has 0 radical (unpaired) electrons. The maximum atomic E-state index is 12.4. The molecule has 0 saturated heterocycles. The van der Waals surface area contributed by atoms with Gasteiger partial charge in [-0.1, -0.05) is 59.4 Å². The van der Waals surface area contributed by atoms with Crippen LogP contribution >= 0.6 is 11.8 Å². The fourth-order valence-corrected chi connectivity index (χ4v) is 3.44. The van der Waals surface area contributed by atoms with Crippen LogP contribution < -0.4 is 5.56 Å². The van der Waals surface area contributed by atoms with Gasteiger partial charge in [-0.05, 0) is 12.1 Å². The molecule has 0 atom stereocenters. The Morgan fingerprint density at radius 2 is 1.84 bits per heavy atom. The van der Waals surface area contributed by atoms with E-state index in [1.165, 1.54) is 11.8 Å². The Labute approximate surface area is 148 Å². The molecule has 0 unspecified atom stereocenters. The lowest BCUT2D eigenvalue weighted by Crippen LogP contribution is -2.19. The Morgan fingerprint density at radius 1 is 1.08 bits per heavy atom. The molecule has 6 heteroatoms. The van der Waals surface area contributed by atoms with E-state index in [1.807, 2.05) is 54.6 Å². The minimum absolute atomic E-state index is 0.0457. The maximum Gasteiger partial charge on any atom is 0.261 e. The molecule has 0 N–H and O–H groups in total. The van der Waals surface area contributed by atoms with Crippen LogP contribution in [0.25, 0.3) is 22.2 Å². The second-order valence-corrected chi connectivity index (χ2v) is 6.55. The van der Waals surface area contributed by atoms with Crippen LogP contribution in [0, 0.1) is 0 Å². The highest BCUT2D eigenvalue weighted by molar-refractivity contribution is 7.98. The Balaban J connectivity index is 1.58. The number of rotatable bonds is 4. The van der Waals surface area contributed by atoms with Gasteiger partial charge in [-0.25, -0.2) is 4.98 Å². The zero-order valence-electron chi connectivity index (χ0n) is 13.5. The molecule has 5 nitrogen and oxygen atoms in total. The number of nitrogens with zero attached hydrogens (tertiary/aromatic N) is 3. The van der Waals surface area contributed by atoms with Crippen LogP contribution in [0.2, 0.25) is 0 Å². The highest BCUT2D eigenvalue weighted by atomic mass is 32.2. The molecular formula is C19H15N3O2S. The number of hydrogen-bond donors (Lipinski definition) is 0. The van der Waals surface area contributed by atoms with E-state index in [4.69, 9.17) is 4.52 Å². The predicted octanol–water partition coefficient (Wildman–Crippen LogP) is 3.88. The molecule has 4 rings (SSSR count). The zero-order valence-corrected chi connectivity index (χ0v) is 14.4. The molecule has 2 aromatic carbocycles. The van der Waals surface area contributed by atoms with Gasteiger partial charge in [-0.15, -0.1) is 0 Å². The monoisotopic (exact) mass is 349 g/mol. The predicted molar refractivity (Wildman–Crippen MR) is 98.5 cm³/mol. The van der Waals surface area contributed by atoms with Gasteiger partial charge >= 0.3 is 0 Å². The first-order valence-corrected chi connectivity index (χ1v) is 8.80. The Bertz CT molecular complexity index is 1090. The molecule has 0 spiro atoms. The molecular weight excluding hydrogens is 334 g/mol. The summed E-state index contributed by atoms with van der Waals surface area (Å²) < 4.78 is 6.98. The molecule has 0 aliphatic heterocycles. The molecule has 0 fully saturated rings. The van der Waals surface area contributed by atoms with Crippen LogP contribution in [0.3, 0.4) is 0 Å². The van der Waals surface area contributed by atoms with Crippen LogP contribution in [0.5, 0.6) is 0 Å². The van der Waals surface area contributed by atoms with E-state index < -0.39 is 0 Å². The normalized spacial score (nSPS) is 11.1. The third-order valence-corrected chi connectivity index (χ3v) is 4.97. The lowest BCUT2D eigenvalue weighted by molar-refractivity contribution is 0.397. The average molecular weight is 349 g/mol. The van der Waals surface area contributed by atoms with Crippen molar-refractivity contribution in [3.8, 4) is 11.3 Å². The van der Waals surface area contributed by atoms with E-state index in [2.05, 4.69) is 10.1 Å². The van der Waals surface area contributed by atoms with E-state index >= 15 is 0 Å². The number of hydrogen-bond acceptors (Lipinski definition) is 5. The summed E-state index contributed by atoms with van der Waals surface area (Å²) in [4.78, 5) is 17.0.